The van der Waals surface area contributed by atoms with Crippen molar-refractivity contribution >= 4 is 45.6 Å². The fraction of sp³-hybridized carbons (Fsp3) is 0.143. The summed E-state index contributed by atoms with van der Waals surface area (Å²) in [7, 11) is -5.36. The van der Waals surface area contributed by atoms with Gasteiger partial charge in [-0.2, -0.15) is 0 Å². The Morgan fingerprint density at radius 2 is 1.73 bits per heavy atom. The molecule has 8 heteroatoms. The zero-order valence-electron chi connectivity index (χ0n) is 7.61. The van der Waals surface area contributed by atoms with Gasteiger partial charge in [0.2, 0.25) is 0 Å². The maximum atomic E-state index is 11.2. The van der Waals surface area contributed by atoms with Gasteiger partial charge in [-0.1, -0.05) is 23.2 Å². The highest BCUT2D eigenvalue weighted by Crippen LogP contribution is 2.23. The molecule has 0 aromatic heterocycles. The van der Waals surface area contributed by atoms with Crippen LogP contribution in [0.15, 0.2) is 17.0 Å². The van der Waals surface area contributed by atoms with Crippen LogP contribution < -0.4 is 5.46 Å². The number of benzene rings is 1. The van der Waals surface area contributed by atoms with Crippen molar-refractivity contribution < 1.29 is 18.5 Å². The topological polar surface area (TPSA) is 74.6 Å². The van der Waals surface area contributed by atoms with Crippen LogP contribution in [0.2, 0.25) is 10.0 Å². The third-order valence-corrected chi connectivity index (χ3v) is 3.62. The Hall–Kier alpha value is -0.265. The van der Waals surface area contributed by atoms with Crippen LogP contribution in [-0.2, 0) is 9.84 Å². The van der Waals surface area contributed by atoms with E-state index in [4.69, 9.17) is 33.2 Å². The molecule has 0 amide bonds. The molecule has 0 aliphatic rings. The van der Waals surface area contributed by atoms with Gasteiger partial charge < -0.3 is 10.0 Å². The molecule has 1 aromatic carbocycles. The zero-order chi connectivity index (χ0) is 11.8. The van der Waals surface area contributed by atoms with E-state index in [1.807, 2.05) is 0 Å². The standard InChI is InChI=1S/C7H7BCl2O4S/c1-15(13,14)7-2-4(8(11)12)5(9)3-6(7)10/h2-3,11-12H,1H3. The van der Waals surface area contributed by atoms with Crippen molar-refractivity contribution in [3.05, 3.63) is 22.2 Å². The highest BCUT2D eigenvalue weighted by Gasteiger charge is 2.21. The van der Waals surface area contributed by atoms with E-state index >= 15 is 0 Å². The molecule has 0 spiro atoms. The average Bonchev–Trinajstić information content (AvgIpc) is 2.00. The van der Waals surface area contributed by atoms with Gasteiger partial charge in [0.1, 0.15) is 0 Å². The minimum Gasteiger partial charge on any atom is -0.423 e. The molecule has 2 N–H and O–H groups in total. The maximum absolute atomic E-state index is 11.2. The SMILES string of the molecule is CS(=O)(=O)c1cc(B(O)O)c(Cl)cc1Cl. The van der Waals surface area contributed by atoms with Crippen molar-refractivity contribution in [3.63, 3.8) is 0 Å². The van der Waals surface area contributed by atoms with Gasteiger partial charge in [-0.05, 0) is 12.1 Å². The molecule has 15 heavy (non-hydrogen) atoms. The first-order valence-electron chi connectivity index (χ1n) is 3.78. The summed E-state index contributed by atoms with van der Waals surface area (Å²) in [6, 6.07) is 2.21. The summed E-state index contributed by atoms with van der Waals surface area (Å²) in [5.74, 6) is 0. The molecule has 4 nitrogen and oxygen atoms in total. The van der Waals surface area contributed by atoms with E-state index in [-0.39, 0.29) is 20.4 Å². The normalized spacial score (nSPS) is 11.5. The summed E-state index contributed by atoms with van der Waals surface area (Å²) < 4.78 is 22.5. The molecule has 82 valence electrons. The average molecular weight is 269 g/mol. The Morgan fingerprint density at radius 3 is 2.13 bits per heavy atom. The third-order valence-electron chi connectivity index (χ3n) is 1.73. The van der Waals surface area contributed by atoms with E-state index < -0.39 is 17.0 Å². The van der Waals surface area contributed by atoms with Crippen molar-refractivity contribution in [1.29, 1.82) is 0 Å². The van der Waals surface area contributed by atoms with Crippen molar-refractivity contribution in [2.24, 2.45) is 0 Å². The first-order valence-corrected chi connectivity index (χ1v) is 6.43. The number of rotatable bonds is 2. The number of sulfone groups is 1. The summed E-state index contributed by atoms with van der Waals surface area (Å²) in [6.07, 6.45) is 0.968. The van der Waals surface area contributed by atoms with Gasteiger partial charge >= 0.3 is 7.12 Å². The van der Waals surface area contributed by atoms with Crippen LogP contribution >= 0.6 is 23.2 Å². The molecule has 0 aliphatic carbocycles. The number of hydrogen-bond donors (Lipinski definition) is 2. The molecule has 0 fully saturated rings. The molecular weight excluding hydrogens is 262 g/mol. The Morgan fingerprint density at radius 1 is 1.20 bits per heavy atom. The van der Waals surface area contributed by atoms with E-state index in [0.29, 0.717) is 0 Å². The van der Waals surface area contributed by atoms with Gasteiger partial charge in [0, 0.05) is 16.7 Å². The first-order chi connectivity index (χ1) is 6.73. The molecule has 1 aromatic rings. The van der Waals surface area contributed by atoms with Crippen LogP contribution in [-0.4, -0.2) is 31.8 Å². The lowest BCUT2D eigenvalue weighted by Crippen LogP contribution is -2.31. The van der Waals surface area contributed by atoms with Crippen molar-refractivity contribution in [2.75, 3.05) is 6.26 Å². The predicted molar refractivity (Wildman–Crippen MR) is 59.4 cm³/mol. The Bertz CT molecular complexity index is 486. The van der Waals surface area contributed by atoms with Crippen LogP contribution in [0.3, 0.4) is 0 Å². The third kappa shape index (κ3) is 2.86. The number of hydrogen-bond acceptors (Lipinski definition) is 4. The molecule has 0 bridgehead atoms. The second-order valence-electron chi connectivity index (χ2n) is 2.95. The van der Waals surface area contributed by atoms with Crippen LogP contribution in [0.4, 0.5) is 0 Å². The largest absolute Gasteiger partial charge is 0.490 e. The fourth-order valence-electron chi connectivity index (χ4n) is 1.03. The lowest BCUT2D eigenvalue weighted by atomic mass is 9.80. The van der Waals surface area contributed by atoms with Crippen LogP contribution in [0, 0.1) is 0 Å². The van der Waals surface area contributed by atoms with E-state index in [1.165, 1.54) is 0 Å². The summed E-state index contributed by atoms with van der Waals surface area (Å²) in [5, 5.41) is 17.8. The Balaban J connectivity index is 3.50. The van der Waals surface area contributed by atoms with E-state index in [2.05, 4.69) is 0 Å². The second-order valence-corrected chi connectivity index (χ2v) is 5.75. The summed E-state index contributed by atoms with van der Waals surface area (Å²) in [4.78, 5) is -0.184. The highest BCUT2D eigenvalue weighted by atomic mass is 35.5. The van der Waals surface area contributed by atoms with Gasteiger partial charge in [0.05, 0.1) is 9.92 Å². The Kier molecular flexibility index (Phi) is 3.68. The Labute approximate surface area is 97.5 Å². The van der Waals surface area contributed by atoms with E-state index in [9.17, 15) is 8.42 Å². The molecule has 0 saturated carbocycles. The lowest BCUT2D eigenvalue weighted by Gasteiger charge is -2.07. The molecule has 0 saturated heterocycles. The van der Waals surface area contributed by atoms with Crippen molar-refractivity contribution in [2.45, 2.75) is 4.90 Å². The second kappa shape index (κ2) is 4.31. The van der Waals surface area contributed by atoms with Gasteiger partial charge in [-0.3, -0.25) is 0 Å². The van der Waals surface area contributed by atoms with Crippen molar-refractivity contribution in [3.8, 4) is 0 Å². The molecule has 0 unspecified atom stereocenters. The van der Waals surface area contributed by atoms with E-state index in [1.54, 1.807) is 0 Å². The first kappa shape index (κ1) is 12.8. The van der Waals surface area contributed by atoms with Crippen LogP contribution in [0.1, 0.15) is 0 Å². The van der Waals surface area contributed by atoms with Crippen LogP contribution in [0.25, 0.3) is 0 Å². The quantitative estimate of drug-likeness (QED) is 0.745. The molecule has 0 heterocycles. The van der Waals surface area contributed by atoms with Gasteiger partial charge in [0.25, 0.3) is 0 Å². The summed E-state index contributed by atoms with van der Waals surface area (Å²) in [6.45, 7) is 0. The fourth-order valence-corrected chi connectivity index (χ4v) is 2.68. The molecular formula is C7H7BCl2O4S. The van der Waals surface area contributed by atoms with E-state index in [0.717, 1.165) is 18.4 Å². The smallest absolute Gasteiger partial charge is 0.423 e. The molecule has 0 aliphatic heterocycles. The maximum Gasteiger partial charge on any atom is 0.490 e. The summed E-state index contributed by atoms with van der Waals surface area (Å²) in [5.41, 5.74) is -0.0958. The molecule has 1 rings (SSSR count). The van der Waals surface area contributed by atoms with Gasteiger partial charge in [-0.25, -0.2) is 8.42 Å². The minimum absolute atomic E-state index is 0.00222. The molecule has 0 atom stereocenters. The van der Waals surface area contributed by atoms with Gasteiger partial charge in [0.15, 0.2) is 9.84 Å². The number of halogens is 2. The summed E-state index contributed by atoms with van der Waals surface area (Å²) >= 11 is 11.3. The van der Waals surface area contributed by atoms with Gasteiger partial charge in [-0.15, -0.1) is 0 Å². The minimum atomic E-state index is -3.52. The van der Waals surface area contributed by atoms with Crippen LogP contribution in [0.5, 0.6) is 0 Å². The monoisotopic (exact) mass is 268 g/mol. The zero-order valence-corrected chi connectivity index (χ0v) is 9.94. The van der Waals surface area contributed by atoms with Crippen molar-refractivity contribution in [1.82, 2.24) is 0 Å². The lowest BCUT2D eigenvalue weighted by molar-refractivity contribution is 0.425. The highest BCUT2D eigenvalue weighted by molar-refractivity contribution is 7.90. The molecule has 0 radical (unpaired) electrons. The predicted octanol–water partition coefficient (Wildman–Crippen LogP) is 0.0767.